The molecule has 2 heterocycles. The molecule has 1 N–H and O–H groups in total. The van der Waals surface area contributed by atoms with Crippen molar-refractivity contribution in [3.8, 4) is 11.8 Å². The van der Waals surface area contributed by atoms with Crippen LogP contribution in [0.5, 0.6) is 5.75 Å². The van der Waals surface area contributed by atoms with Crippen LogP contribution in [0.4, 0.5) is 4.39 Å². The van der Waals surface area contributed by atoms with Gasteiger partial charge in [-0.25, -0.2) is 4.39 Å². The minimum absolute atomic E-state index is 0.0552. The van der Waals surface area contributed by atoms with Gasteiger partial charge in [-0.15, -0.1) is 0 Å². The minimum Gasteiger partial charge on any atom is -0.494 e. The van der Waals surface area contributed by atoms with Crippen LogP contribution in [-0.4, -0.2) is 41.2 Å². The van der Waals surface area contributed by atoms with Gasteiger partial charge in [-0.3, -0.25) is 4.98 Å². The summed E-state index contributed by atoms with van der Waals surface area (Å²) in [5.74, 6) is 0.352. The van der Waals surface area contributed by atoms with Crippen molar-refractivity contribution in [3.05, 3.63) is 95.6 Å². The molecule has 1 saturated heterocycles. The van der Waals surface area contributed by atoms with E-state index >= 15 is 0 Å². The van der Waals surface area contributed by atoms with E-state index in [-0.39, 0.29) is 11.7 Å². The fourth-order valence-electron chi connectivity index (χ4n) is 4.58. The fraction of sp³-hybridized carbons (Fsp3) is 0.333. The molecule has 1 aliphatic rings. The van der Waals surface area contributed by atoms with Gasteiger partial charge in [0.25, 0.3) is 0 Å². The number of aromatic nitrogens is 1. The Labute approximate surface area is 194 Å². The van der Waals surface area contributed by atoms with Gasteiger partial charge >= 0.3 is 0 Å². The van der Waals surface area contributed by atoms with Crippen molar-refractivity contribution >= 4 is 0 Å². The van der Waals surface area contributed by atoms with Crippen LogP contribution in [-0.2, 0) is 5.60 Å². The van der Waals surface area contributed by atoms with E-state index < -0.39 is 5.60 Å². The monoisotopic (exact) mass is 445 g/mol. The Hall–Kier alpha value is -3.27. The summed E-state index contributed by atoms with van der Waals surface area (Å²) in [6, 6.07) is 21.0. The van der Waals surface area contributed by atoms with Crippen molar-refractivity contribution in [2.24, 2.45) is 5.92 Å². The van der Waals surface area contributed by atoms with E-state index in [1.54, 1.807) is 30.5 Å². The van der Waals surface area contributed by atoms with Gasteiger partial charge in [0.15, 0.2) is 0 Å². The number of rotatable bonds is 8. The molecule has 0 unspecified atom stereocenters. The van der Waals surface area contributed by atoms with E-state index in [1.807, 2.05) is 30.3 Å². The van der Waals surface area contributed by atoms with Gasteiger partial charge in [0.2, 0.25) is 0 Å². The van der Waals surface area contributed by atoms with Crippen LogP contribution in [0.25, 0.3) is 0 Å². The Morgan fingerprint density at radius 2 is 1.88 bits per heavy atom. The zero-order chi connectivity index (χ0) is 23.1. The molecule has 0 radical (unpaired) electrons. The maximum absolute atomic E-state index is 14.0. The summed E-state index contributed by atoms with van der Waals surface area (Å²) in [6.45, 7) is 3.22. The van der Waals surface area contributed by atoms with Gasteiger partial charge in [0.1, 0.15) is 17.2 Å². The highest BCUT2D eigenvalue weighted by Crippen LogP contribution is 2.41. The van der Waals surface area contributed by atoms with Crippen LogP contribution in [0.15, 0.2) is 72.9 Å². The lowest BCUT2D eigenvalue weighted by Gasteiger charge is -2.41. The second kappa shape index (κ2) is 10.6. The van der Waals surface area contributed by atoms with Crippen LogP contribution in [0, 0.1) is 23.1 Å². The molecule has 3 aromatic rings. The Bertz CT molecular complexity index is 1080. The Morgan fingerprint density at radius 1 is 1.09 bits per heavy atom. The molecule has 0 bridgehead atoms. The third-order valence-electron chi connectivity index (χ3n) is 6.37. The number of ether oxygens (including phenoxy) is 1. The molecular weight excluding hydrogens is 417 g/mol. The molecule has 1 atom stereocenters. The number of hydrogen-bond acceptors (Lipinski definition) is 5. The lowest BCUT2D eigenvalue weighted by molar-refractivity contribution is -0.0180. The average molecular weight is 446 g/mol. The molecule has 5 nitrogen and oxygen atoms in total. The second-order valence-corrected chi connectivity index (χ2v) is 8.45. The molecule has 170 valence electrons. The van der Waals surface area contributed by atoms with Crippen molar-refractivity contribution in [2.75, 3.05) is 26.2 Å². The first-order valence-electron chi connectivity index (χ1n) is 11.3. The van der Waals surface area contributed by atoms with Gasteiger partial charge < -0.3 is 14.7 Å². The molecule has 33 heavy (non-hydrogen) atoms. The number of likely N-dealkylation sites (tertiary alicyclic amines) is 1. The highest BCUT2D eigenvalue weighted by atomic mass is 19.1. The standard InChI is InChI=1S/C27H28FN3O2/c28-24-6-3-5-23(19-24)27(32,26-7-1-2-14-30-26)22-12-16-31(17-13-22)15-4-18-33-25-10-8-21(20-29)9-11-25/h1-3,5-11,14,19,22,32H,4,12-13,15-18H2/t27-/m0/s1. The van der Waals surface area contributed by atoms with Crippen molar-refractivity contribution in [1.82, 2.24) is 9.88 Å². The third kappa shape index (κ3) is 5.39. The molecule has 4 rings (SSSR count). The number of aliphatic hydroxyl groups is 1. The molecule has 6 heteroatoms. The number of piperidine rings is 1. The van der Waals surface area contributed by atoms with E-state index in [0.717, 1.165) is 44.6 Å². The summed E-state index contributed by atoms with van der Waals surface area (Å²) in [5, 5.41) is 20.7. The molecule has 0 amide bonds. The normalized spacial score (nSPS) is 16.6. The van der Waals surface area contributed by atoms with Crippen molar-refractivity contribution in [3.63, 3.8) is 0 Å². The van der Waals surface area contributed by atoms with E-state index in [0.29, 0.717) is 23.4 Å². The van der Waals surface area contributed by atoms with E-state index in [2.05, 4.69) is 16.0 Å². The first kappa shape index (κ1) is 22.9. The predicted molar refractivity (Wildman–Crippen MR) is 124 cm³/mol. The quantitative estimate of drug-likeness (QED) is 0.517. The van der Waals surface area contributed by atoms with Crippen molar-refractivity contribution in [1.29, 1.82) is 5.26 Å². The highest BCUT2D eigenvalue weighted by molar-refractivity contribution is 5.35. The Morgan fingerprint density at radius 3 is 2.55 bits per heavy atom. The van der Waals surface area contributed by atoms with Gasteiger partial charge in [-0.2, -0.15) is 5.26 Å². The third-order valence-corrected chi connectivity index (χ3v) is 6.37. The Balaban J connectivity index is 1.34. The highest BCUT2D eigenvalue weighted by Gasteiger charge is 2.42. The van der Waals surface area contributed by atoms with Gasteiger partial charge in [-0.05, 0) is 86.4 Å². The molecule has 1 aromatic heterocycles. The summed E-state index contributed by atoms with van der Waals surface area (Å²) in [7, 11) is 0. The maximum atomic E-state index is 14.0. The number of pyridine rings is 1. The van der Waals surface area contributed by atoms with Crippen LogP contribution in [0.2, 0.25) is 0 Å². The van der Waals surface area contributed by atoms with Crippen molar-refractivity contribution in [2.45, 2.75) is 24.9 Å². The molecule has 0 spiro atoms. The number of hydrogen-bond donors (Lipinski definition) is 1. The minimum atomic E-state index is -1.33. The molecule has 0 saturated carbocycles. The summed E-state index contributed by atoms with van der Waals surface area (Å²) < 4.78 is 19.8. The lowest BCUT2D eigenvalue weighted by Crippen LogP contribution is -2.45. The van der Waals surface area contributed by atoms with Crippen LogP contribution in [0.1, 0.15) is 36.1 Å². The zero-order valence-electron chi connectivity index (χ0n) is 18.5. The van der Waals surface area contributed by atoms with E-state index in [1.165, 1.54) is 12.1 Å². The lowest BCUT2D eigenvalue weighted by atomic mass is 9.74. The maximum Gasteiger partial charge on any atom is 0.134 e. The smallest absolute Gasteiger partial charge is 0.134 e. The molecule has 2 aromatic carbocycles. The number of benzene rings is 2. The summed E-state index contributed by atoms with van der Waals surface area (Å²) >= 11 is 0. The Kier molecular flexibility index (Phi) is 7.33. The number of nitriles is 1. The zero-order valence-corrected chi connectivity index (χ0v) is 18.5. The summed E-state index contributed by atoms with van der Waals surface area (Å²) in [5.41, 5.74) is 0.406. The average Bonchev–Trinajstić information content (AvgIpc) is 2.87. The number of halogens is 1. The molecular formula is C27H28FN3O2. The molecule has 1 aliphatic heterocycles. The van der Waals surface area contributed by atoms with Crippen LogP contribution < -0.4 is 4.74 Å². The van der Waals surface area contributed by atoms with E-state index in [9.17, 15) is 9.50 Å². The second-order valence-electron chi connectivity index (χ2n) is 8.45. The summed E-state index contributed by atoms with van der Waals surface area (Å²) in [4.78, 5) is 6.81. The first-order chi connectivity index (χ1) is 16.1. The van der Waals surface area contributed by atoms with E-state index in [4.69, 9.17) is 10.00 Å². The topological polar surface area (TPSA) is 69.4 Å². The molecule has 0 aliphatic carbocycles. The predicted octanol–water partition coefficient (Wildman–Crippen LogP) is 4.51. The van der Waals surface area contributed by atoms with Crippen LogP contribution >= 0.6 is 0 Å². The van der Waals surface area contributed by atoms with Crippen molar-refractivity contribution < 1.29 is 14.2 Å². The first-order valence-corrected chi connectivity index (χ1v) is 11.3. The largest absolute Gasteiger partial charge is 0.494 e. The van der Waals surface area contributed by atoms with Gasteiger partial charge in [-0.1, -0.05) is 18.2 Å². The number of nitrogens with zero attached hydrogens (tertiary/aromatic N) is 3. The molecule has 1 fully saturated rings. The van der Waals surface area contributed by atoms with Crippen LogP contribution in [0.3, 0.4) is 0 Å². The van der Waals surface area contributed by atoms with Gasteiger partial charge in [0, 0.05) is 18.7 Å². The fourth-order valence-corrected chi connectivity index (χ4v) is 4.58. The summed E-state index contributed by atoms with van der Waals surface area (Å²) in [6.07, 6.45) is 4.14. The SMILES string of the molecule is N#Cc1ccc(OCCCN2CCC([C@](O)(c3cccc(F)c3)c3ccccn3)CC2)cc1. The van der Waals surface area contributed by atoms with Gasteiger partial charge in [0.05, 0.1) is 23.9 Å².